The van der Waals surface area contributed by atoms with Gasteiger partial charge in [-0.05, 0) is 25.3 Å². The van der Waals surface area contributed by atoms with Crippen molar-refractivity contribution in [3.8, 4) is 0 Å². The fourth-order valence-corrected chi connectivity index (χ4v) is 1.52. The van der Waals surface area contributed by atoms with E-state index in [4.69, 9.17) is 17.3 Å². The van der Waals surface area contributed by atoms with Crippen LogP contribution in [-0.2, 0) is 6.42 Å². The Morgan fingerprint density at radius 3 is 2.19 bits per heavy atom. The summed E-state index contributed by atoms with van der Waals surface area (Å²) in [7, 11) is 0. The van der Waals surface area contributed by atoms with Gasteiger partial charge in [0.15, 0.2) is 0 Å². The average Bonchev–Trinajstić information content (AvgIpc) is 2.28. The molecule has 1 aromatic rings. The zero-order chi connectivity index (χ0) is 12.2. The quantitative estimate of drug-likeness (QED) is 0.612. The lowest BCUT2D eigenvalue weighted by Gasteiger charge is -2.02. The molecule has 0 spiro atoms. The van der Waals surface area contributed by atoms with Gasteiger partial charge in [-0.2, -0.15) is 0 Å². The van der Waals surface area contributed by atoms with Gasteiger partial charge in [-0.25, -0.2) is 0 Å². The molecule has 2 heteroatoms. The van der Waals surface area contributed by atoms with Gasteiger partial charge in [0.1, 0.15) is 0 Å². The maximum Gasteiger partial charge on any atom is 0.0223 e. The first kappa shape index (κ1) is 15.5. The second-order valence-electron chi connectivity index (χ2n) is 4.06. The lowest BCUT2D eigenvalue weighted by atomic mass is 10.1. The molecule has 1 unspecified atom stereocenters. The van der Waals surface area contributed by atoms with Crippen molar-refractivity contribution in [1.82, 2.24) is 0 Å². The van der Waals surface area contributed by atoms with E-state index in [1.165, 1.54) is 24.8 Å². The van der Waals surface area contributed by atoms with Crippen LogP contribution < -0.4 is 5.73 Å². The summed E-state index contributed by atoms with van der Waals surface area (Å²) < 4.78 is 0. The third kappa shape index (κ3) is 10.0. The van der Waals surface area contributed by atoms with Crippen molar-refractivity contribution in [2.24, 2.45) is 5.73 Å². The monoisotopic (exact) mass is 241 g/mol. The number of benzene rings is 1. The molecule has 0 bridgehead atoms. The molecule has 0 radical (unpaired) electrons. The SMILES string of the molecule is CC(N)Cc1ccccc1.CCCCCCl. The maximum absolute atomic E-state index is 5.62. The Kier molecular flexibility index (Phi) is 10.6. The van der Waals surface area contributed by atoms with Crippen LogP contribution in [0.1, 0.15) is 38.7 Å². The molecule has 92 valence electrons. The van der Waals surface area contributed by atoms with Crippen LogP contribution in [0.25, 0.3) is 0 Å². The van der Waals surface area contributed by atoms with Crippen LogP contribution in [0.5, 0.6) is 0 Å². The summed E-state index contributed by atoms with van der Waals surface area (Å²) in [6, 6.07) is 10.6. The third-order valence-electron chi connectivity index (χ3n) is 2.14. The Morgan fingerprint density at radius 2 is 1.81 bits per heavy atom. The van der Waals surface area contributed by atoms with Crippen LogP contribution in [0.2, 0.25) is 0 Å². The number of alkyl halides is 1. The van der Waals surface area contributed by atoms with Crippen LogP contribution in [0, 0.1) is 0 Å². The van der Waals surface area contributed by atoms with Crippen molar-refractivity contribution in [3.63, 3.8) is 0 Å². The zero-order valence-corrected chi connectivity index (χ0v) is 11.2. The molecule has 0 aromatic heterocycles. The normalized spacial score (nSPS) is 11.5. The molecule has 0 aliphatic heterocycles. The van der Waals surface area contributed by atoms with E-state index < -0.39 is 0 Å². The predicted molar refractivity (Wildman–Crippen MR) is 74.0 cm³/mol. The fourth-order valence-electron chi connectivity index (χ4n) is 1.33. The van der Waals surface area contributed by atoms with Crippen molar-refractivity contribution in [1.29, 1.82) is 0 Å². The van der Waals surface area contributed by atoms with Crippen molar-refractivity contribution in [3.05, 3.63) is 35.9 Å². The molecule has 1 nitrogen and oxygen atoms in total. The Morgan fingerprint density at radius 1 is 1.19 bits per heavy atom. The molecular weight excluding hydrogens is 218 g/mol. The molecule has 0 aliphatic carbocycles. The minimum Gasteiger partial charge on any atom is -0.328 e. The molecule has 1 atom stereocenters. The highest BCUT2D eigenvalue weighted by Crippen LogP contribution is 2.00. The van der Waals surface area contributed by atoms with Gasteiger partial charge in [-0.15, -0.1) is 11.6 Å². The van der Waals surface area contributed by atoms with Crippen molar-refractivity contribution in [2.45, 2.75) is 45.6 Å². The van der Waals surface area contributed by atoms with E-state index in [0.717, 1.165) is 12.3 Å². The molecule has 0 saturated carbocycles. The van der Waals surface area contributed by atoms with Crippen LogP contribution >= 0.6 is 11.6 Å². The molecule has 2 N–H and O–H groups in total. The van der Waals surface area contributed by atoms with Gasteiger partial charge in [0.2, 0.25) is 0 Å². The lowest BCUT2D eigenvalue weighted by molar-refractivity contribution is 0.738. The first-order valence-electron chi connectivity index (χ1n) is 6.06. The zero-order valence-electron chi connectivity index (χ0n) is 10.5. The molecule has 0 amide bonds. The van der Waals surface area contributed by atoms with Crippen LogP contribution in [0.4, 0.5) is 0 Å². The van der Waals surface area contributed by atoms with Gasteiger partial charge in [-0.1, -0.05) is 50.1 Å². The Hall–Kier alpha value is -0.530. The first-order chi connectivity index (χ1) is 7.70. The van der Waals surface area contributed by atoms with E-state index in [9.17, 15) is 0 Å². The molecule has 0 fully saturated rings. The first-order valence-corrected chi connectivity index (χ1v) is 6.59. The highest BCUT2D eigenvalue weighted by Gasteiger charge is 1.94. The number of unbranched alkanes of at least 4 members (excludes halogenated alkanes) is 2. The summed E-state index contributed by atoms with van der Waals surface area (Å²) in [5, 5.41) is 0. The van der Waals surface area contributed by atoms with Crippen molar-refractivity contribution >= 4 is 11.6 Å². The number of halogens is 1. The van der Waals surface area contributed by atoms with Gasteiger partial charge in [0.25, 0.3) is 0 Å². The van der Waals surface area contributed by atoms with Crippen LogP contribution in [0.3, 0.4) is 0 Å². The van der Waals surface area contributed by atoms with E-state index in [1.54, 1.807) is 0 Å². The average molecular weight is 242 g/mol. The summed E-state index contributed by atoms with van der Waals surface area (Å²) in [5.41, 5.74) is 6.94. The molecule has 0 aliphatic rings. The number of nitrogens with two attached hydrogens (primary N) is 1. The number of rotatable bonds is 5. The van der Waals surface area contributed by atoms with Crippen LogP contribution in [0.15, 0.2) is 30.3 Å². The molecular formula is C14H24ClN. The third-order valence-corrected chi connectivity index (χ3v) is 2.40. The largest absolute Gasteiger partial charge is 0.328 e. The smallest absolute Gasteiger partial charge is 0.0223 e. The fraction of sp³-hybridized carbons (Fsp3) is 0.571. The second-order valence-corrected chi connectivity index (χ2v) is 4.44. The van der Waals surface area contributed by atoms with Gasteiger partial charge in [-0.3, -0.25) is 0 Å². The van der Waals surface area contributed by atoms with Crippen molar-refractivity contribution < 1.29 is 0 Å². The van der Waals surface area contributed by atoms with E-state index in [1.807, 2.05) is 25.1 Å². The van der Waals surface area contributed by atoms with Gasteiger partial charge in [0, 0.05) is 11.9 Å². The van der Waals surface area contributed by atoms with E-state index in [2.05, 4.69) is 19.1 Å². The molecule has 0 heterocycles. The van der Waals surface area contributed by atoms with E-state index in [-0.39, 0.29) is 6.04 Å². The van der Waals surface area contributed by atoms with Gasteiger partial charge in [0.05, 0.1) is 0 Å². The highest BCUT2D eigenvalue weighted by atomic mass is 35.5. The summed E-state index contributed by atoms with van der Waals surface area (Å²) in [6.45, 7) is 4.19. The molecule has 1 aromatic carbocycles. The van der Waals surface area contributed by atoms with Crippen molar-refractivity contribution in [2.75, 3.05) is 5.88 Å². The summed E-state index contributed by atoms with van der Waals surface area (Å²) in [6.07, 6.45) is 4.70. The topological polar surface area (TPSA) is 26.0 Å². The van der Waals surface area contributed by atoms with Gasteiger partial charge >= 0.3 is 0 Å². The summed E-state index contributed by atoms with van der Waals surface area (Å²) in [5.74, 6) is 0.827. The number of hydrogen-bond acceptors (Lipinski definition) is 1. The lowest BCUT2D eigenvalue weighted by Crippen LogP contribution is -2.17. The minimum absolute atomic E-state index is 0.266. The molecule has 1 rings (SSSR count). The minimum atomic E-state index is 0.266. The summed E-state index contributed by atoms with van der Waals surface area (Å²) in [4.78, 5) is 0. The molecule has 16 heavy (non-hydrogen) atoms. The standard InChI is InChI=1S/C9H13N.C5H11Cl/c1-8(10)7-9-5-3-2-4-6-9;1-2-3-4-5-6/h2-6,8H,7,10H2,1H3;2-5H2,1H3. The Balaban J connectivity index is 0.000000325. The maximum atomic E-state index is 5.62. The Bertz CT molecular complexity index is 230. The van der Waals surface area contributed by atoms with E-state index >= 15 is 0 Å². The molecule has 0 saturated heterocycles. The van der Waals surface area contributed by atoms with Crippen LogP contribution in [-0.4, -0.2) is 11.9 Å². The number of hydrogen-bond donors (Lipinski definition) is 1. The van der Waals surface area contributed by atoms with Gasteiger partial charge < -0.3 is 5.73 Å². The highest BCUT2D eigenvalue weighted by molar-refractivity contribution is 6.17. The Labute approximate surface area is 105 Å². The predicted octanol–water partition coefficient (Wildman–Crippen LogP) is 3.99. The second kappa shape index (κ2) is 11.0. The summed E-state index contributed by atoms with van der Waals surface area (Å²) >= 11 is 5.38. The van der Waals surface area contributed by atoms with E-state index in [0.29, 0.717) is 0 Å².